The third-order valence-corrected chi connectivity index (χ3v) is 4.51. The van der Waals surface area contributed by atoms with E-state index in [0.29, 0.717) is 5.92 Å². The molecular formula is C17H21N3. The van der Waals surface area contributed by atoms with E-state index in [1.54, 1.807) is 6.20 Å². The summed E-state index contributed by atoms with van der Waals surface area (Å²) in [5.74, 6) is 1.38. The molecule has 0 amide bonds. The largest absolute Gasteiger partial charge is 0.360 e. The summed E-state index contributed by atoms with van der Waals surface area (Å²) < 4.78 is 0. The Morgan fingerprint density at radius 2 is 2.20 bits per heavy atom. The van der Waals surface area contributed by atoms with Crippen LogP contribution in [0.25, 0.3) is 10.9 Å². The van der Waals surface area contributed by atoms with Gasteiger partial charge in [-0.05, 0) is 56.5 Å². The van der Waals surface area contributed by atoms with Gasteiger partial charge < -0.3 is 9.88 Å². The summed E-state index contributed by atoms with van der Waals surface area (Å²) in [7, 11) is 4.30. The first-order valence-corrected chi connectivity index (χ1v) is 7.35. The number of aromatic amines is 1. The molecule has 1 heterocycles. The number of H-pyrrole nitrogens is 1. The van der Waals surface area contributed by atoms with E-state index in [4.69, 9.17) is 0 Å². The van der Waals surface area contributed by atoms with Gasteiger partial charge in [0.1, 0.15) is 6.07 Å². The standard InChI is InChI=1S/C17H21N3/c1-20(2)11-13-4-3-5-15(13)12-6-7-17-16(8-12)14(9-18)10-19-17/h6-8,10,13,15,19H,3-5,11H2,1-2H3/t13-,15-/m1/s1. The fourth-order valence-corrected chi connectivity index (χ4v) is 3.62. The van der Waals surface area contributed by atoms with Crippen molar-refractivity contribution in [1.29, 1.82) is 5.26 Å². The van der Waals surface area contributed by atoms with Crippen molar-refractivity contribution in [3.63, 3.8) is 0 Å². The van der Waals surface area contributed by atoms with Crippen LogP contribution >= 0.6 is 0 Å². The smallest absolute Gasteiger partial charge is 0.101 e. The lowest BCUT2D eigenvalue weighted by molar-refractivity contribution is 0.310. The minimum absolute atomic E-state index is 0.642. The van der Waals surface area contributed by atoms with E-state index in [9.17, 15) is 5.26 Å². The van der Waals surface area contributed by atoms with Gasteiger partial charge in [-0.1, -0.05) is 12.5 Å². The number of nitrogens with one attached hydrogen (secondary N) is 1. The van der Waals surface area contributed by atoms with Gasteiger partial charge in [-0.25, -0.2) is 0 Å². The van der Waals surface area contributed by atoms with Crippen molar-refractivity contribution in [3.05, 3.63) is 35.5 Å². The van der Waals surface area contributed by atoms with Crippen molar-refractivity contribution in [1.82, 2.24) is 9.88 Å². The molecule has 1 aromatic heterocycles. The molecule has 1 aliphatic carbocycles. The maximum absolute atomic E-state index is 9.18. The maximum Gasteiger partial charge on any atom is 0.101 e. The molecule has 0 saturated heterocycles. The fourth-order valence-electron chi connectivity index (χ4n) is 3.62. The zero-order valence-electron chi connectivity index (χ0n) is 12.2. The van der Waals surface area contributed by atoms with Gasteiger partial charge in [0.2, 0.25) is 0 Å². The Hall–Kier alpha value is -1.79. The van der Waals surface area contributed by atoms with Gasteiger partial charge in [0, 0.05) is 23.6 Å². The van der Waals surface area contributed by atoms with Crippen molar-refractivity contribution in [2.75, 3.05) is 20.6 Å². The molecule has 1 N–H and O–H groups in total. The van der Waals surface area contributed by atoms with Crippen molar-refractivity contribution >= 4 is 10.9 Å². The number of rotatable bonds is 3. The zero-order valence-corrected chi connectivity index (χ0v) is 12.2. The van der Waals surface area contributed by atoms with E-state index >= 15 is 0 Å². The lowest BCUT2D eigenvalue weighted by Gasteiger charge is -2.23. The van der Waals surface area contributed by atoms with Gasteiger partial charge in [0.05, 0.1) is 5.56 Å². The molecule has 3 heteroatoms. The Morgan fingerprint density at radius 3 is 2.95 bits per heavy atom. The van der Waals surface area contributed by atoms with Crippen molar-refractivity contribution in [2.24, 2.45) is 5.92 Å². The number of hydrogen-bond donors (Lipinski definition) is 1. The number of aromatic nitrogens is 1. The minimum Gasteiger partial charge on any atom is -0.360 e. The summed E-state index contributed by atoms with van der Waals surface area (Å²) in [5, 5.41) is 10.2. The van der Waals surface area contributed by atoms with Crippen LogP contribution in [0.5, 0.6) is 0 Å². The van der Waals surface area contributed by atoms with Crippen LogP contribution in [-0.2, 0) is 0 Å². The molecule has 3 nitrogen and oxygen atoms in total. The lowest BCUT2D eigenvalue weighted by atomic mass is 9.88. The lowest BCUT2D eigenvalue weighted by Crippen LogP contribution is -2.23. The van der Waals surface area contributed by atoms with E-state index in [1.165, 1.54) is 24.8 Å². The van der Waals surface area contributed by atoms with Gasteiger partial charge in [0.15, 0.2) is 0 Å². The summed E-state index contributed by atoms with van der Waals surface area (Å²) in [4.78, 5) is 5.46. The Labute approximate surface area is 120 Å². The average Bonchev–Trinajstić information content (AvgIpc) is 3.03. The van der Waals surface area contributed by atoms with Crippen LogP contribution in [0, 0.1) is 17.2 Å². The molecule has 0 aliphatic heterocycles. The third-order valence-electron chi connectivity index (χ3n) is 4.51. The van der Waals surface area contributed by atoms with Crippen LogP contribution in [0.2, 0.25) is 0 Å². The second kappa shape index (κ2) is 5.30. The molecule has 0 spiro atoms. The second-order valence-electron chi connectivity index (χ2n) is 6.18. The third kappa shape index (κ3) is 2.32. The average molecular weight is 267 g/mol. The Bertz CT molecular complexity index is 648. The van der Waals surface area contributed by atoms with Gasteiger partial charge in [-0.15, -0.1) is 0 Å². The number of nitriles is 1. The second-order valence-corrected chi connectivity index (χ2v) is 6.18. The van der Waals surface area contributed by atoms with Crippen LogP contribution in [0.4, 0.5) is 0 Å². The van der Waals surface area contributed by atoms with Crippen LogP contribution in [0.15, 0.2) is 24.4 Å². The van der Waals surface area contributed by atoms with E-state index in [2.05, 4.69) is 48.2 Å². The molecule has 3 rings (SSSR count). The molecule has 1 aromatic carbocycles. The van der Waals surface area contributed by atoms with Crippen LogP contribution in [0.1, 0.15) is 36.3 Å². The SMILES string of the molecule is CN(C)C[C@H]1CCC[C@@H]1c1ccc2[nH]cc(C#N)c2c1. The first kappa shape index (κ1) is 13.2. The quantitative estimate of drug-likeness (QED) is 0.925. The first-order valence-electron chi connectivity index (χ1n) is 7.35. The van der Waals surface area contributed by atoms with Crippen molar-refractivity contribution in [2.45, 2.75) is 25.2 Å². The molecule has 20 heavy (non-hydrogen) atoms. The van der Waals surface area contributed by atoms with E-state index in [0.717, 1.165) is 28.9 Å². The van der Waals surface area contributed by atoms with E-state index < -0.39 is 0 Å². The molecule has 0 radical (unpaired) electrons. The van der Waals surface area contributed by atoms with Crippen LogP contribution < -0.4 is 0 Å². The van der Waals surface area contributed by atoms with Gasteiger partial charge >= 0.3 is 0 Å². The van der Waals surface area contributed by atoms with Gasteiger partial charge in [-0.2, -0.15) is 5.26 Å². The van der Waals surface area contributed by atoms with E-state index in [-0.39, 0.29) is 0 Å². The predicted molar refractivity (Wildman–Crippen MR) is 81.6 cm³/mol. The van der Waals surface area contributed by atoms with Crippen molar-refractivity contribution in [3.8, 4) is 6.07 Å². The fraction of sp³-hybridized carbons (Fsp3) is 0.471. The number of benzene rings is 1. The highest BCUT2D eigenvalue weighted by Crippen LogP contribution is 2.40. The van der Waals surface area contributed by atoms with Crippen molar-refractivity contribution < 1.29 is 0 Å². The summed E-state index contributed by atoms with van der Waals surface area (Å²) >= 11 is 0. The molecule has 1 fully saturated rings. The van der Waals surface area contributed by atoms with Crippen LogP contribution in [0.3, 0.4) is 0 Å². The highest BCUT2D eigenvalue weighted by molar-refractivity contribution is 5.86. The number of fused-ring (bicyclic) bond motifs is 1. The first-order chi connectivity index (χ1) is 9.69. The summed E-state index contributed by atoms with van der Waals surface area (Å²) in [5.41, 5.74) is 3.22. The minimum atomic E-state index is 0.642. The topological polar surface area (TPSA) is 42.8 Å². The number of nitrogens with zero attached hydrogens (tertiary/aromatic N) is 2. The van der Waals surface area contributed by atoms with Gasteiger partial charge in [0.25, 0.3) is 0 Å². The molecule has 1 aliphatic rings. The summed E-state index contributed by atoms with van der Waals surface area (Å²) in [6.07, 6.45) is 5.72. The maximum atomic E-state index is 9.18. The van der Waals surface area contributed by atoms with Gasteiger partial charge in [-0.3, -0.25) is 0 Å². The molecule has 2 atom stereocenters. The highest BCUT2D eigenvalue weighted by atomic mass is 15.1. The highest BCUT2D eigenvalue weighted by Gasteiger charge is 2.29. The summed E-state index contributed by atoms with van der Waals surface area (Å²) in [6, 6.07) is 8.85. The zero-order chi connectivity index (χ0) is 14.1. The molecule has 1 saturated carbocycles. The molecular weight excluding hydrogens is 246 g/mol. The molecule has 2 aromatic rings. The summed E-state index contributed by atoms with van der Waals surface area (Å²) in [6.45, 7) is 1.15. The molecule has 0 bridgehead atoms. The Morgan fingerprint density at radius 1 is 1.35 bits per heavy atom. The van der Waals surface area contributed by atoms with Crippen LogP contribution in [-0.4, -0.2) is 30.5 Å². The molecule has 0 unspecified atom stereocenters. The predicted octanol–water partition coefficient (Wildman–Crippen LogP) is 3.48. The Balaban J connectivity index is 1.95. The van der Waals surface area contributed by atoms with E-state index in [1.807, 2.05) is 0 Å². The Kier molecular flexibility index (Phi) is 3.50. The monoisotopic (exact) mass is 267 g/mol. The normalized spacial score (nSPS) is 22.5. The number of hydrogen-bond acceptors (Lipinski definition) is 2. The molecule has 104 valence electrons.